The third kappa shape index (κ3) is 3.25. The highest BCUT2D eigenvalue weighted by molar-refractivity contribution is 7.90. The van der Waals surface area contributed by atoms with Crippen molar-refractivity contribution in [1.82, 2.24) is 4.72 Å². The number of rotatable bonds is 3. The Morgan fingerprint density at radius 2 is 2.13 bits per heavy atom. The molecule has 0 atom stereocenters. The van der Waals surface area contributed by atoms with Gasteiger partial charge in [-0.25, -0.2) is 13.1 Å². The van der Waals surface area contributed by atoms with E-state index in [9.17, 15) is 13.2 Å². The summed E-state index contributed by atoms with van der Waals surface area (Å²) in [6, 6.07) is 6.12. The summed E-state index contributed by atoms with van der Waals surface area (Å²) in [6.45, 7) is 1.45. The lowest BCUT2D eigenvalue weighted by molar-refractivity contribution is 0.0981. The van der Waals surface area contributed by atoms with Gasteiger partial charge in [-0.15, -0.1) is 0 Å². The quantitative estimate of drug-likeness (QED) is 0.730. The van der Waals surface area contributed by atoms with Crippen molar-refractivity contribution in [2.75, 3.05) is 11.5 Å². The summed E-state index contributed by atoms with van der Waals surface area (Å²) in [5.41, 5.74) is 6.11. The Balaban J connectivity index is 2.87. The van der Waals surface area contributed by atoms with Crippen molar-refractivity contribution in [3.05, 3.63) is 29.8 Å². The van der Waals surface area contributed by atoms with Crippen molar-refractivity contribution < 1.29 is 13.2 Å². The minimum Gasteiger partial charge on any atom is -0.399 e. The van der Waals surface area contributed by atoms with Crippen molar-refractivity contribution in [3.8, 4) is 0 Å². The normalized spacial score (nSPS) is 11.0. The molecule has 82 valence electrons. The third-order valence-electron chi connectivity index (χ3n) is 1.78. The number of carbonyl (C=O) groups excluding carboxylic acids is 1. The van der Waals surface area contributed by atoms with Gasteiger partial charge in [0.25, 0.3) is 5.91 Å². The Labute approximate surface area is 88.3 Å². The van der Waals surface area contributed by atoms with Gasteiger partial charge in [0.2, 0.25) is 10.0 Å². The Morgan fingerprint density at radius 3 is 2.67 bits per heavy atom. The number of benzene rings is 1. The van der Waals surface area contributed by atoms with Crippen molar-refractivity contribution in [2.45, 2.75) is 6.92 Å². The number of sulfonamides is 1. The Hall–Kier alpha value is -1.56. The average molecular weight is 228 g/mol. The van der Waals surface area contributed by atoms with Crippen LogP contribution in [0.25, 0.3) is 0 Å². The van der Waals surface area contributed by atoms with Crippen LogP contribution in [0.1, 0.15) is 17.3 Å². The van der Waals surface area contributed by atoms with Gasteiger partial charge >= 0.3 is 0 Å². The minimum atomic E-state index is -3.52. The lowest BCUT2D eigenvalue weighted by atomic mass is 10.2. The van der Waals surface area contributed by atoms with E-state index in [0.717, 1.165) is 0 Å². The van der Waals surface area contributed by atoms with E-state index in [1.54, 1.807) is 12.1 Å². The largest absolute Gasteiger partial charge is 0.399 e. The Morgan fingerprint density at radius 1 is 1.47 bits per heavy atom. The van der Waals surface area contributed by atoms with Gasteiger partial charge in [-0.2, -0.15) is 0 Å². The van der Waals surface area contributed by atoms with Gasteiger partial charge in [0.05, 0.1) is 5.75 Å². The van der Waals surface area contributed by atoms with E-state index in [2.05, 4.69) is 0 Å². The molecule has 1 aromatic carbocycles. The molecular weight excluding hydrogens is 216 g/mol. The fraction of sp³-hybridized carbons (Fsp3) is 0.222. The molecule has 0 aliphatic carbocycles. The zero-order valence-electron chi connectivity index (χ0n) is 8.23. The third-order valence-corrected chi connectivity index (χ3v) is 3.03. The SMILES string of the molecule is CCS(=O)(=O)NC(=O)c1cccc(N)c1. The first kappa shape index (κ1) is 11.5. The first-order valence-electron chi connectivity index (χ1n) is 4.35. The molecule has 0 bridgehead atoms. The maximum atomic E-state index is 11.4. The molecule has 3 N–H and O–H groups in total. The zero-order chi connectivity index (χ0) is 11.5. The lowest BCUT2D eigenvalue weighted by Gasteiger charge is -2.04. The summed E-state index contributed by atoms with van der Waals surface area (Å²) in [5.74, 6) is -0.801. The van der Waals surface area contributed by atoms with Crippen LogP contribution >= 0.6 is 0 Å². The van der Waals surface area contributed by atoms with Crippen LogP contribution in [0.15, 0.2) is 24.3 Å². The molecular formula is C9H12N2O3S. The smallest absolute Gasteiger partial charge is 0.264 e. The van der Waals surface area contributed by atoms with E-state index in [0.29, 0.717) is 5.69 Å². The number of hydrogen-bond donors (Lipinski definition) is 2. The fourth-order valence-corrected chi connectivity index (χ4v) is 1.50. The molecule has 15 heavy (non-hydrogen) atoms. The molecule has 0 aromatic heterocycles. The second kappa shape index (κ2) is 4.31. The molecule has 0 heterocycles. The number of nitrogens with two attached hydrogens (primary N) is 1. The number of hydrogen-bond acceptors (Lipinski definition) is 4. The minimum absolute atomic E-state index is 0.138. The Kier molecular flexibility index (Phi) is 3.31. The van der Waals surface area contributed by atoms with Crippen LogP contribution in [0.4, 0.5) is 5.69 Å². The van der Waals surface area contributed by atoms with Crippen molar-refractivity contribution in [2.24, 2.45) is 0 Å². The zero-order valence-corrected chi connectivity index (χ0v) is 9.04. The first-order chi connectivity index (χ1) is 6.94. The van der Waals surface area contributed by atoms with Gasteiger partial charge in [0.1, 0.15) is 0 Å². The van der Waals surface area contributed by atoms with E-state index < -0.39 is 15.9 Å². The molecule has 1 aromatic rings. The highest BCUT2D eigenvalue weighted by atomic mass is 32.2. The number of amides is 1. The van der Waals surface area contributed by atoms with Gasteiger partial charge in [-0.3, -0.25) is 4.79 Å². The van der Waals surface area contributed by atoms with Crippen molar-refractivity contribution in [3.63, 3.8) is 0 Å². The van der Waals surface area contributed by atoms with Crippen molar-refractivity contribution >= 4 is 21.6 Å². The van der Waals surface area contributed by atoms with Gasteiger partial charge in [-0.1, -0.05) is 6.07 Å². The van der Waals surface area contributed by atoms with Crippen molar-refractivity contribution in [1.29, 1.82) is 0 Å². The molecule has 0 spiro atoms. The monoisotopic (exact) mass is 228 g/mol. The molecule has 0 unspecified atom stereocenters. The van der Waals surface area contributed by atoms with Crippen LogP contribution in [0, 0.1) is 0 Å². The molecule has 0 fully saturated rings. The van der Waals surface area contributed by atoms with Crippen LogP contribution in [0.2, 0.25) is 0 Å². The summed E-state index contributed by atoms with van der Waals surface area (Å²) in [4.78, 5) is 11.4. The second-order valence-electron chi connectivity index (χ2n) is 2.96. The van der Waals surface area contributed by atoms with Crippen LogP contribution < -0.4 is 10.5 Å². The number of carbonyl (C=O) groups is 1. The van der Waals surface area contributed by atoms with E-state index in [-0.39, 0.29) is 11.3 Å². The topological polar surface area (TPSA) is 89.3 Å². The van der Waals surface area contributed by atoms with Gasteiger partial charge in [-0.05, 0) is 25.1 Å². The maximum absolute atomic E-state index is 11.4. The molecule has 0 aliphatic heterocycles. The fourth-order valence-electron chi connectivity index (χ4n) is 0.952. The molecule has 5 nitrogen and oxygen atoms in total. The van der Waals surface area contributed by atoms with Crippen LogP contribution in [-0.4, -0.2) is 20.1 Å². The molecule has 0 saturated carbocycles. The number of nitrogen functional groups attached to an aromatic ring is 1. The van der Waals surface area contributed by atoms with Crippen LogP contribution in [0.3, 0.4) is 0 Å². The summed E-state index contributed by atoms with van der Waals surface area (Å²) in [6.07, 6.45) is 0. The maximum Gasteiger partial charge on any atom is 0.264 e. The van der Waals surface area contributed by atoms with E-state index in [4.69, 9.17) is 5.73 Å². The van der Waals surface area contributed by atoms with Gasteiger partial charge in [0, 0.05) is 11.3 Å². The average Bonchev–Trinajstić information content (AvgIpc) is 2.17. The first-order valence-corrected chi connectivity index (χ1v) is 6.00. The van der Waals surface area contributed by atoms with Crippen LogP contribution in [-0.2, 0) is 10.0 Å². The highest BCUT2D eigenvalue weighted by Crippen LogP contribution is 2.06. The number of anilines is 1. The highest BCUT2D eigenvalue weighted by Gasteiger charge is 2.13. The second-order valence-corrected chi connectivity index (χ2v) is 4.97. The predicted molar refractivity (Wildman–Crippen MR) is 57.8 cm³/mol. The molecule has 0 saturated heterocycles. The van der Waals surface area contributed by atoms with E-state index >= 15 is 0 Å². The predicted octanol–water partition coefficient (Wildman–Crippen LogP) is 0.348. The van der Waals surface area contributed by atoms with Gasteiger partial charge < -0.3 is 5.73 Å². The summed E-state index contributed by atoms with van der Waals surface area (Å²) >= 11 is 0. The van der Waals surface area contributed by atoms with Gasteiger partial charge in [0.15, 0.2) is 0 Å². The number of nitrogens with one attached hydrogen (secondary N) is 1. The Bertz CT molecular complexity index is 468. The molecule has 1 amide bonds. The standard InChI is InChI=1S/C9H12N2O3S/c1-2-15(13,14)11-9(12)7-4-3-5-8(10)6-7/h3-6H,2,10H2,1H3,(H,11,12). The molecule has 1 rings (SSSR count). The van der Waals surface area contributed by atoms with Crippen LogP contribution in [0.5, 0.6) is 0 Å². The lowest BCUT2D eigenvalue weighted by Crippen LogP contribution is -2.31. The van der Waals surface area contributed by atoms with E-state index in [1.165, 1.54) is 19.1 Å². The molecule has 6 heteroatoms. The van der Waals surface area contributed by atoms with E-state index in [1.807, 2.05) is 4.72 Å². The summed E-state index contributed by atoms with van der Waals surface area (Å²) in [7, 11) is -3.52. The molecule has 0 aliphatic rings. The summed E-state index contributed by atoms with van der Waals surface area (Å²) < 4.78 is 24.1. The summed E-state index contributed by atoms with van der Waals surface area (Å²) in [5, 5.41) is 0. The molecule has 0 radical (unpaired) electrons.